The van der Waals surface area contributed by atoms with E-state index in [0.29, 0.717) is 5.69 Å². The molecular formula is C12H14Br2N2O3. The summed E-state index contributed by atoms with van der Waals surface area (Å²) in [6.07, 6.45) is 0. The summed E-state index contributed by atoms with van der Waals surface area (Å²) in [7, 11) is 1.56. The molecule has 1 atom stereocenters. The van der Waals surface area contributed by atoms with Crippen LogP contribution in [0.4, 0.5) is 10.5 Å². The summed E-state index contributed by atoms with van der Waals surface area (Å²) in [5.41, 5.74) is 0.628. The van der Waals surface area contributed by atoms with Crippen LogP contribution in [0.15, 0.2) is 27.1 Å². The van der Waals surface area contributed by atoms with Crippen molar-refractivity contribution >= 4 is 49.5 Å². The monoisotopic (exact) mass is 392 g/mol. The van der Waals surface area contributed by atoms with E-state index in [1.165, 1.54) is 4.90 Å². The van der Waals surface area contributed by atoms with Gasteiger partial charge in [0.1, 0.15) is 0 Å². The fraction of sp³-hybridized carbons (Fsp3) is 0.333. The Bertz CT molecular complexity index is 494. The van der Waals surface area contributed by atoms with Crippen LogP contribution in [0.5, 0.6) is 0 Å². The number of carboxylic acid groups (broad SMARTS) is 1. The lowest BCUT2D eigenvalue weighted by atomic mass is 10.2. The summed E-state index contributed by atoms with van der Waals surface area (Å²) in [4.78, 5) is 24.0. The van der Waals surface area contributed by atoms with Crippen molar-refractivity contribution in [3.05, 3.63) is 27.1 Å². The van der Waals surface area contributed by atoms with Crippen LogP contribution >= 0.6 is 31.9 Å². The van der Waals surface area contributed by atoms with Gasteiger partial charge >= 0.3 is 12.0 Å². The highest BCUT2D eigenvalue weighted by molar-refractivity contribution is 9.11. The third-order valence-corrected chi connectivity index (χ3v) is 3.64. The number of rotatable bonds is 4. The number of nitrogens with zero attached hydrogens (tertiary/aromatic N) is 1. The fourth-order valence-electron chi connectivity index (χ4n) is 1.37. The van der Waals surface area contributed by atoms with Gasteiger partial charge in [0, 0.05) is 22.5 Å². The van der Waals surface area contributed by atoms with Gasteiger partial charge in [-0.05, 0) is 34.1 Å². The van der Waals surface area contributed by atoms with Crippen molar-refractivity contribution in [3.8, 4) is 0 Å². The Hall–Kier alpha value is -1.08. The largest absolute Gasteiger partial charge is 0.481 e. The van der Waals surface area contributed by atoms with Crippen molar-refractivity contribution < 1.29 is 14.7 Å². The van der Waals surface area contributed by atoms with Gasteiger partial charge in [0.15, 0.2) is 0 Å². The number of benzene rings is 1. The number of carbonyl (C=O) groups excluding carboxylic acids is 1. The number of halogens is 2. The van der Waals surface area contributed by atoms with E-state index in [4.69, 9.17) is 5.11 Å². The van der Waals surface area contributed by atoms with Gasteiger partial charge < -0.3 is 15.3 Å². The van der Waals surface area contributed by atoms with Crippen LogP contribution < -0.4 is 5.32 Å². The highest BCUT2D eigenvalue weighted by Crippen LogP contribution is 2.26. The van der Waals surface area contributed by atoms with Gasteiger partial charge in [-0.1, -0.05) is 22.9 Å². The molecule has 7 heteroatoms. The van der Waals surface area contributed by atoms with Crippen LogP contribution in [0.2, 0.25) is 0 Å². The molecule has 0 aliphatic heterocycles. The second kappa shape index (κ2) is 6.91. The third kappa shape index (κ3) is 4.83. The van der Waals surface area contributed by atoms with Crippen LogP contribution in [0, 0.1) is 5.92 Å². The van der Waals surface area contributed by atoms with Gasteiger partial charge in [0.2, 0.25) is 0 Å². The molecule has 0 aliphatic rings. The Labute approximate surface area is 128 Å². The van der Waals surface area contributed by atoms with Crippen molar-refractivity contribution in [3.63, 3.8) is 0 Å². The third-order valence-electron chi connectivity index (χ3n) is 2.49. The van der Waals surface area contributed by atoms with E-state index < -0.39 is 11.9 Å². The molecule has 1 aromatic rings. The minimum atomic E-state index is -0.926. The second-order valence-electron chi connectivity index (χ2n) is 4.17. The summed E-state index contributed by atoms with van der Waals surface area (Å²) in [5, 5.41) is 11.5. The Morgan fingerprint density at radius 2 is 2.05 bits per heavy atom. The Morgan fingerprint density at radius 3 is 2.58 bits per heavy atom. The lowest BCUT2D eigenvalue weighted by Crippen LogP contribution is -2.36. The molecule has 5 nitrogen and oxygen atoms in total. The zero-order valence-electron chi connectivity index (χ0n) is 10.5. The molecule has 2 N–H and O–H groups in total. The lowest BCUT2D eigenvalue weighted by Gasteiger charge is -2.20. The summed E-state index contributed by atoms with van der Waals surface area (Å²) in [6, 6.07) is 5.02. The first-order valence-electron chi connectivity index (χ1n) is 5.51. The van der Waals surface area contributed by atoms with Gasteiger partial charge in [-0.2, -0.15) is 0 Å². The van der Waals surface area contributed by atoms with Gasteiger partial charge in [-0.15, -0.1) is 0 Å². The molecule has 1 rings (SSSR count). The molecule has 0 aliphatic carbocycles. The smallest absolute Gasteiger partial charge is 0.321 e. The quantitative estimate of drug-likeness (QED) is 0.823. The maximum absolute atomic E-state index is 11.9. The number of urea groups is 1. The van der Waals surface area contributed by atoms with E-state index in [0.717, 1.165) is 8.95 Å². The molecule has 0 spiro atoms. The van der Waals surface area contributed by atoms with Crippen molar-refractivity contribution in [1.82, 2.24) is 4.90 Å². The zero-order valence-corrected chi connectivity index (χ0v) is 13.7. The summed E-state index contributed by atoms with van der Waals surface area (Å²) in [5.74, 6) is -1.53. The van der Waals surface area contributed by atoms with Gasteiger partial charge in [0.25, 0.3) is 0 Å². The van der Waals surface area contributed by atoms with Crippen LogP contribution in [0.1, 0.15) is 6.92 Å². The number of carboxylic acids is 1. The summed E-state index contributed by atoms with van der Waals surface area (Å²) >= 11 is 6.66. The summed E-state index contributed by atoms with van der Waals surface area (Å²) in [6.45, 7) is 1.71. The maximum Gasteiger partial charge on any atom is 0.321 e. The van der Waals surface area contributed by atoms with Crippen molar-refractivity contribution in [2.45, 2.75) is 6.92 Å². The fourth-order valence-corrected chi connectivity index (χ4v) is 2.52. The van der Waals surface area contributed by atoms with E-state index in [1.807, 2.05) is 6.07 Å². The van der Waals surface area contributed by atoms with Crippen LogP contribution in [0.25, 0.3) is 0 Å². The van der Waals surface area contributed by atoms with E-state index in [2.05, 4.69) is 37.2 Å². The molecule has 0 radical (unpaired) electrons. The molecule has 0 saturated heterocycles. The molecular weight excluding hydrogens is 380 g/mol. The normalized spacial score (nSPS) is 11.8. The molecule has 0 fully saturated rings. The second-order valence-corrected chi connectivity index (χ2v) is 5.94. The first kappa shape index (κ1) is 16.0. The number of aliphatic carboxylic acids is 1. The molecule has 0 aromatic heterocycles. The highest BCUT2D eigenvalue weighted by Gasteiger charge is 2.17. The minimum absolute atomic E-state index is 0.148. The number of nitrogens with one attached hydrogen (secondary N) is 1. The molecule has 0 saturated carbocycles. The Balaban J connectivity index is 2.66. The Morgan fingerprint density at radius 1 is 1.42 bits per heavy atom. The highest BCUT2D eigenvalue weighted by atomic mass is 79.9. The van der Waals surface area contributed by atoms with E-state index >= 15 is 0 Å². The number of hydrogen-bond donors (Lipinski definition) is 2. The first-order valence-corrected chi connectivity index (χ1v) is 7.10. The standard InChI is InChI=1S/C12H14Br2N2O3/c1-7(11(17)18)6-16(2)12(19)15-10-4-3-8(13)5-9(10)14/h3-5,7H,6H2,1-2H3,(H,15,19)(H,17,18). The molecule has 1 aromatic carbocycles. The number of amides is 2. The van der Waals surface area contributed by atoms with Crippen LogP contribution in [-0.2, 0) is 4.79 Å². The van der Waals surface area contributed by atoms with Crippen molar-refractivity contribution in [2.24, 2.45) is 5.92 Å². The van der Waals surface area contributed by atoms with E-state index in [9.17, 15) is 9.59 Å². The molecule has 1 unspecified atom stereocenters. The molecule has 0 bridgehead atoms. The van der Waals surface area contributed by atoms with Gasteiger partial charge in [0.05, 0.1) is 11.6 Å². The predicted octanol–water partition coefficient (Wildman–Crippen LogP) is 3.40. The lowest BCUT2D eigenvalue weighted by molar-refractivity contribution is -0.141. The maximum atomic E-state index is 11.9. The van der Waals surface area contributed by atoms with E-state index in [1.54, 1.807) is 26.1 Å². The molecule has 2 amide bonds. The molecule has 104 valence electrons. The SMILES string of the molecule is CC(CN(C)C(=O)Nc1ccc(Br)cc1Br)C(=O)O. The minimum Gasteiger partial charge on any atom is -0.481 e. The van der Waals surface area contributed by atoms with Crippen molar-refractivity contribution in [1.29, 1.82) is 0 Å². The Kier molecular flexibility index (Phi) is 5.81. The molecule has 19 heavy (non-hydrogen) atoms. The number of carbonyl (C=O) groups is 2. The average molecular weight is 394 g/mol. The zero-order chi connectivity index (χ0) is 14.6. The van der Waals surface area contributed by atoms with Gasteiger partial charge in [-0.25, -0.2) is 4.79 Å². The molecule has 0 heterocycles. The topological polar surface area (TPSA) is 69.6 Å². The predicted molar refractivity (Wildman–Crippen MR) is 80.3 cm³/mol. The van der Waals surface area contributed by atoms with Crippen LogP contribution in [-0.4, -0.2) is 35.6 Å². The van der Waals surface area contributed by atoms with Gasteiger partial charge in [-0.3, -0.25) is 4.79 Å². The number of hydrogen-bond acceptors (Lipinski definition) is 2. The summed E-state index contributed by atoms with van der Waals surface area (Å²) < 4.78 is 1.64. The first-order chi connectivity index (χ1) is 8.81. The van der Waals surface area contributed by atoms with Crippen LogP contribution in [0.3, 0.4) is 0 Å². The van der Waals surface area contributed by atoms with E-state index in [-0.39, 0.29) is 12.6 Å². The average Bonchev–Trinajstić information content (AvgIpc) is 2.32. The number of anilines is 1. The van der Waals surface area contributed by atoms with Crippen molar-refractivity contribution in [2.75, 3.05) is 18.9 Å².